The van der Waals surface area contributed by atoms with E-state index in [1.807, 2.05) is 36.4 Å². The number of hydrogen-bond donors (Lipinski definition) is 0. The average molecular weight is 613 g/mol. The zero-order valence-corrected chi connectivity index (χ0v) is 26.1. The number of rotatable bonds is 4. The lowest BCUT2D eigenvalue weighted by Crippen LogP contribution is -2.04. The number of benzene rings is 6. The minimum absolute atomic E-state index is 0.614. The number of fused-ring (bicyclic) bond motifs is 6. The van der Waals surface area contributed by atoms with Crippen LogP contribution >= 0.6 is 0 Å². The molecule has 0 atom stereocenters. The maximum absolute atomic E-state index is 10.6. The summed E-state index contributed by atoms with van der Waals surface area (Å²) in [6.45, 7) is 0. The van der Waals surface area contributed by atoms with E-state index in [-0.39, 0.29) is 0 Å². The molecule has 4 heteroatoms. The van der Waals surface area contributed by atoms with Gasteiger partial charge < -0.3 is 9.13 Å². The molecule has 0 unspecified atom stereocenters. The van der Waals surface area contributed by atoms with E-state index in [9.17, 15) is 10.5 Å². The summed E-state index contributed by atoms with van der Waals surface area (Å²) in [5, 5.41) is 25.0. The topological polar surface area (TPSA) is 57.4 Å². The van der Waals surface area contributed by atoms with Gasteiger partial charge in [0, 0.05) is 32.8 Å². The van der Waals surface area contributed by atoms with Crippen LogP contribution in [-0.2, 0) is 0 Å². The Morgan fingerprint density at radius 3 is 1.71 bits per heavy atom. The summed E-state index contributed by atoms with van der Waals surface area (Å²) in [6, 6.07) is 50.9. The number of nitrogens with zero attached hydrogens (tertiary/aromatic N) is 4. The lowest BCUT2D eigenvalue weighted by molar-refractivity contribution is 1.04. The summed E-state index contributed by atoms with van der Waals surface area (Å²) in [6.07, 6.45) is 6.46. The first-order valence-corrected chi connectivity index (χ1v) is 16.2. The Labute approximate surface area is 277 Å². The third kappa shape index (κ3) is 4.07. The van der Waals surface area contributed by atoms with E-state index in [0.29, 0.717) is 11.1 Å². The standard InChI is InChI=1S/C44H28N4/c45-27-29-12-11-23-43-44(29)38-18-6-10-22-42(38)47(43)31-24-25-32(30(26-31)28-46)33-13-1-2-14-34(33)35-15-3-7-19-39(35)48-40-20-8-4-16-36(40)37-17-5-9-21-41(37)48/h3-26H,1-2H2. The zero-order chi connectivity index (χ0) is 32.2. The smallest absolute Gasteiger partial charge is 0.0998 e. The van der Waals surface area contributed by atoms with Crippen molar-refractivity contribution in [2.24, 2.45) is 0 Å². The summed E-state index contributed by atoms with van der Waals surface area (Å²) < 4.78 is 4.54. The molecular formula is C44H28N4. The summed E-state index contributed by atoms with van der Waals surface area (Å²) in [5.74, 6) is 0. The van der Waals surface area contributed by atoms with Crippen molar-refractivity contribution < 1.29 is 0 Å². The highest BCUT2D eigenvalue weighted by atomic mass is 15.0. The molecule has 0 aliphatic heterocycles. The van der Waals surface area contributed by atoms with Gasteiger partial charge in [0.15, 0.2) is 0 Å². The SMILES string of the molecule is N#Cc1cc(-n2c3ccccc3c3c(C#N)cccc32)ccc1C1=CCCC=C1c1ccccc1-n1c2ccccc2c2ccccc21. The first-order chi connectivity index (χ1) is 23.8. The fourth-order valence-electron chi connectivity index (χ4n) is 7.65. The average Bonchev–Trinajstić information content (AvgIpc) is 3.68. The Balaban J connectivity index is 1.21. The number of hydrogen-bond acceptors (Lipinski definition) is 2. The second kappa shape index (κ2) is 11.0. The third-order valence-electron chi connectivity index (χ3n) is 9.66. The van der Waals surface area contributed by atoms with Crippen LogP contribution in [0.15, 0.2) is 146 Å². The van der Waals surface area contributed by atoms with Crippen molar-refractivity contribution in [3.8, 4) is 23.5 Å². The van der Waals surface area contributed by atoms with E-state index in [0.717, 1.165) is 68.3 Å². The molecule has 8 aromatic rings. The van der Waals surface area contributed by atoms with Gasteiger partial charge in [-0.2, -0.15) is 10.5 Å². The zero-order valence-electron chi connectivity index (χ0n) is 26.1. The van der Waals surface area contributed by atoms with Crippen LogP contribution in [0.4, 0.5) is 0 Å². The van der Waals surface area contributed by atoms with Crippen LogP contribution in [0.3, 0.4) is 0 Å². The minimum Gasteiger partial charge on any atom is -0.309 e. The molecule has 2 heterocycles. The summed E-state index contributed by atoms with van der Waals surface area (Å²) in [5.41, 5.74) is 11.8. The second-order valence-corrected chi connectivity index (χ2v) is 12.2. The van der Waals surface area contributed by atoms with E-state index in [4.69, 9.17) is 0 Å². The maximum atomic E-state index is 10.6. The molecule has 0 amide bonds. The molecule has 0 saturated carbocycles. The Kier molecular flexibility index (Phi) is 6.35. The van der Waals surface area contributed by atoms with Gasteiger partial charge in [-0.3, -0.25) is 0 Å². The van der Waals surface area contributed by atoms with Crippen molar-refractivity contribution in [3.05, 3.63) is 168 Å². The quantitative estimate of drug-likeness (QED) is 0.199. The highest BCUT2D eigenvalue weighted by Crippen LogP contribution is 2.42. The van der Waals surface area contributed by atoms with Crippen molar-refractivity contribution >= 4 is 54.8 Å². The van der Waals surface area contributed by atoms with Gasteiger partial charge >= 0.3 is 0 Å². The van der Waals surface area contributed by atoms with Gasteiger partial charge in [-0.1, -0.05) is 97.1 Å². The van der Waals surface area contributed by atoms with Crippen LogP contribution < -0.4 is 0 Å². The molecule has 9 rings (SSSR count). The van der Waals surface area contributed by atoms with E-state index in [2.05, 4.69) is 130 Å². The predicted octanol–water partition coefficient (Wildman–Crippen LogP) is 10.9. The number of para-hydroxylation sites is 4. The minimum atomic E-state index is 0.614. The largest absolute Gasteiger partial charge is 0.309 e. The molecule has 0 N–H and O–H groups in total. The van der Waals surface area contributed by atoms with Gasteiger partial charge in [-0.05, 0) is 78.1 Å². The lowest BCUT2D eigenvalue weighted by atomic mass is 9.85. The lowest BCUT2D eigenvalue weighted by Gasteiger charge is -2.22. The molecule has 1 aliphatic rings. The van der Waals surface area contributed by atoms with Crippen LogP contribution in [0.5, 0.6) is 0 Å². The molecule has 0 bridgehead atoms. The van der Waals surface area contributed by atoms with Gasteiger partial charge in [0.05, 0.1) is 51.0 Å². The Bertz CT molecular complexity index is 2700. The van der Waals surface area contributed by atoms with Gasteiger partial charge in [-0.15, -0.1) is 0 Å². The maximum Gasteiger partial charge on any atom is 0.0998 e. The van der Waals surface area contributed by atoms with Crippen LogP contribution in [0, 0.1) is 22.7 Å². The molecule has 4 nitrogen and oxygen atoms in total. The van der Waals surface area contributed by atoms with Crippen LogP contribution in [0.25, 0.3) is 66.1 Å². The van der Waals surface area contributed by atoms with E-state index in [1.165, 1.54) is 21.8 Å². The Morgan fingerprint density at radius 2 is 1.02 bits per heavy atom. The number of allylic oxidation sites excluding steroid dienone is 4. The molecule has 224 valence electrons. The number of aromatic nitrogens is 2. The molecule has 0 saturated heterocycles. The fraction of sp³-hybridized carbons (Fsp3) is 0.0455. The molecule has 1 aliphatic carbocycles. The van der Waals surface area contributed by atoms with Crippen LogP contribution in [0.1, 0.15) is 35.1 Å². The van der Waals surface area contributed by atoms with E-state index < -0.39 is 0 Å². The first-order valence-electron chi connectivity index (χ1n) is 16.2. The van der Waals surface area contributed by atoms with Crippen LogP contribution in [-0.4, -0.2) is 9.13 Å². The highest BCUT2D eigenvalue weighted by molar-refractivity contribution is 6.13. The third-order valence-corrected chi connectivity index (χ3v) is 9.66. The van der Waals surface area contributed by atoms with E-state index in [1.54, 1.807) is 0 Å². The van der Waals surface area contributed by atoms with Crippen molar-refractivity contribution in [1.82, 2.24) is 9.13 Å². The van der Waals surface area contributed by atoms with Crippen molar-refractivity contribution in [1.29, 1.82) is 10.5 Å². The van der Waals surface area contributed by atoms with Gasteiger partial charge in [0.2, 0.25) is 0 Å². The van der Waals surface area contributed by atoms with E-state index >= 15 is 0 Å². The van der Waals surface area contributed by atoms with Crippen molar-refractivity contribution in [2.45, 2.75) is 12.8 Å². The monoisotopic (exact) mass is 612 g/mol. The van der Waals surface area contributed by atoms with Crippen molar-refractivity contribution in [3.63, 3.8) is 0 Å². The summed E-state index contributed by atoms with van der Waals surface area (Å²) >= 11 is 0. The summed E-state index contributed by atoms with van der Waals surface area (Å²) in [7, 11) is 0. The number of nitriles is 2. The van der Waals surface area contributed by atoms with Gasteiger partial charge in [0.25, 0.3) is 0 Å². The fourth-order valence-corrected chi connectivity index (χ4v) is 7.65. The second-order valence-electron chi connectivity index (χ2n) is 12.2. The molecule has 6 aromatic carbocycles. The van der Waals surface area contributed by atoms with Gasteiger partial charge in [0.1, 0.15) is 0 Å². The first kappa shape index (κ1) is 27.7. The van der Waals surface area contributed by atoms with Gasteiger partial charge in [-0.25, -0.2) is 0 Å². The highest BCUT2D eigenvalue weighted by Gasteiger charge is 2.22. The Morgan fingerprint density at radius 1 is 0.458 bits per heavy atom. The molecule has 2 aromatic heterocycles. The van der Waals surface area contributed by atoms with Crippen molar-refractivity contribution in [2.75, 3.05) is 0 Å². The predicted molar refractivity (Wildman–Crippen MR) is 196 cm³/mol. The molecule has 0 radical (unpaired) electrons. The molecular weight excluding hydrogens is 585 g/mol. The molecule has 0 fully saturated rings. The van der Waals surface area contributed by atoms with Crippen LogP contribution in [0.2, 0.25) is 0 Å². The normalized spacial score (nSPS) is 13.0. The summed E-state index contributed by atoms with van der Waals surface area (Å²) in [4.78, 5) is 0. The Hall–Kier alpha value is -6.62. The molecule has 0 spiro atoms. The molecule has 48 heavy (non-hydrogen) atoms.